The second kappa shape index (κ2) is 6.80. The number of piperidine rings is 1. The fourth-order valence-electron chi connectivity index (χ4n) is 1.85. The van der Waals surface area contributed by atoms with E-state index >= 15 is 0 Å². The lowest BCUT2D eigenvalue weighted by Crippen LogP contribution is -2.48. The van der Waals surface area contributed by atoms with Crippen LogP contribution < -0.4 is 11.5 Å². The SMILES string of the molecule is NC(=O)C(N)CN1CCC(OCCO)CC1. The highest BCUT2D eigenvalue weighted by Gasteiger charge is 2.22. The van der Waals surface area contributed by atoms with Crippen molar-refractivity contribution in [3.05, 3.63) is 0 Å². The average Bonchev–Trinajstić information content (AvgIpc) is 2.28. The molecule has 94 valence electrons. The van der Waals surface area contributed by atoms with Gasteiger partial charge in [0.1, 0.15) is 0 Å². The lowest BCUT2D eigenvalue weighted by atomic mass is 10.1. The molecular formula is C10H21N3O3. The zero-order valence-electron chi connectivity index (χ0n) is 9.47. The van der Waals surface area contributed by atoms with Gasteiger partial charge in [0, 0.05) is 19.6 Å². The molecule has 6 nitrogen and oxygen atoms in total. The molecule has 0 aromatic carbocycles. The summed E-state index contributed by atoms with van der Waals surface area (Å²) >= 11 is 0. The summed E-state index contributed by atoms with van der Waals surface area (Å²) in [4.78, 5) is 12.9. The van der Waals surface area contributed by atoms with Crippen LogP contribution in [0.1, 0.15) is 12.8 Å². The Morgan fingerprint density at radius 1 is 1.50 bits per heavy atom. The van der Waals surface area contributed by atoms with E-state index in [1.807, 2.05) is 0 Å². The number of nitrogens with zero attached hydrogens (tertiary/aromatic N) is 1. The van der Waals surface area contributed by atoms with Crippen LogP contribution in [0.25, 0.3) is 0 Å². The van der Waals surface area contributed by atoms with Crippen LogP contribution >= 0.6 is 0 Å². The minimum Gasteiger partial charge on any atom is -0.394 e. The second-order valence-corrected chi connectivity index (χ2v) is 4.10. The molecule has 0 spiro atoms. The van der Waals surface area contributed by atoms with Crippen molar-refractivity contribution in [2.24, 2.45) is 11.5 Å². The third-order valence-corrected chi connectivity index (χ3v) is 2.80. The molecule has 5 N–H and O–H groups in total. The van der Waals surface area contributed by atoms with Gasteiger partial charge in [0.05, 0.1) is 25.4 Å². The molecule has 1 fully saturated rings. The number of carbonyl (C=O) groups excluding carboxylic acids is 1. The van der Waals surface area contributed by atoms with Crippen molar-refractivity contribution in [1.82, 2.24) is 4.90 Å². The van der Waals surface area contributed by atoms with E-state index in [1.54, 1.807) is 0 Å². The largest absolute Gasteiger partial charge is 0.394 e. The molecular weight excluding hydrogens is 210 g/mol. The lowest BCUT2D eigenvalue weighted by Gasteiger charge is -2.32. The first-order valence-corrected chi connectivity index (χ1v) is 5.63. The van der Waals surface area contributed by atoms with Crippen molar-refractivity contribution in [3.63, 3.8) is 0 Å². The quantitative estimate of drug-likeness (QED) is 0.504. The summed E-state index contributed by atoms with van der Waals surface area (Å²) in [6.45, 7) is 2.69. The zero-order chi connectivity index (χ0) is 12.0. The van der Waals surface area contributed by atoms with Crippen LogP contribution in [0.5, 0.6) is 0 Å². The number of nitrogens with two attached hydrogens (primary N) is 2. The summed E-state index contributed by atoms with van der Waals surface area (Å²) in [6, 6.07) is -0.588. The minimum absolute atomic E-state index is 0.0623. The van der Waals surface area contributed by atoms with Gasteiger partial charge in [-0.15, -0.1) is 0 Å². The second-order valence-electron chi connectivity index (χ2n) is 4.10. The summed E-state index contributed by atoms with van der Waals surface area (Å²) in [5.74, 6) is -0.460. The standard InChI is InChI=1S/C10H21N3O3/c11-9(10(12)15)7-13-3-1-8(2-4-13)16-6-5-14/h8-9,14H,1-7,11H2,(H2,12,15). The number of likely N-dealkylation sites (tertiary alicyclic amines) is 1. The third kappa shape index (κ3) is 4.44. The highest BCUT2D eigenvalue weighted by Crippen LogP contribution is 2.13. The maximum Gasteiger partial charge on any atom is 0.235 e. The summed E-state index contributed by atoms with van der Waals surface area (Å²) < 4.78 is 5.43. The first kappa shape index (κ1) is 13.4. The van der Waals surface area contributed by atoms with Gasteiger partial charge in [-0.3, -0.25) is 4.79 Å². The van der Waals surface area contributed by atoms with Crippen LogP contribution in [0.2, 0.25) is 0 Å². The number of primary amides is 1. The number of hydrogen-bond acceptors (Lipinski definition) is 5. The molecule has 0 bridgehead atoms. The Kier molecular flexibility index (Phi) is 5.68. The molecule has 16 heavy (non-hydrogen) atoms. The molecule has 1 aliphatic heterocycles. The predicted octanol–water partition coefficient (Wildman–Crippen LogP) is -1.73. The van der Waals surface area contributed by atoms with Crippen LogP contribution in [0.15, 0.2) is 0 Å². The number of aliphatic hydroxyl groups is 1. The molecule has 1 saturated heterocycles. The van der Waals surface area contributed by atoms with Crippen LogP contribution in [0.3, 0.4) is 0 Å². The number of rotatable bonds is 6. The molecule has 6 heteroatoms. The van der Waals surface area contributed by atoms with Gasteiger partial charge in [-0.1, -0.05) is 0 Å². The molecule has 1 atom stereocenters. The molecule has 1 aliphatic rings. The highest BCUT2D eigenvalue weighted by molar-refractivity contribution is 5.79. The molecule has 0 aliphatic carbocycles. The van der Waals surface area contributed by atoms with E-state index in [0.717, 1.165) is 25.9 Å². The summed E-state index contributed by atoms with van der Waals surface area (Å²) in [7, 11) is 0. The molecule has 1 rings (SSSR count). The Morgan fingerprint density at radius 2 is 2.12 bits per heavy atom. The maximum atomic E-state index is 10.8. The van der Waals surface area contributed by atoms with Gasteiger partial charge in [0.15, 0.2) is 0 Å². The van der Waals surface area contributed by atoms with E-state index < -0.39 is 11.9 Å². The topological polar surface area (TPSA) is 102 Å². The molecule has 1 amide bonds. The minimum atomic E-state index is -0.588. The fraction of sp³-hybridized carbons (Fsp3) is 0.900. The first-order chi connectivity index (χ1) is 7.63. The normalized spacial score (nSPS) is 20.9. The van der Waals surface area contributed by atoms with E-state index in [1.165, 1.54) is 0 Å². The monoisotopic (exact) mass is 231 g/mol. The third-order valence-electron chi connectivity index (χ3n) is 2.80. The van der Waals surface area contributed by atoms with Gasteiger partial charge in [-0.2, -0.15) is 0 Å². The molecule has 0 radical (unpaired) electrons. The zero-order valence-corrected chi connectivity index (χ0v) is 9.47. The Morgan fingerprint density at radius 3 is 2.62 bits per heavy atom. The van der Waals surface area contributed by atoms with Crippen LogP contribution in [0.4, 0.5) is 0 Å². The van der Waals surface area contributed by atoms with Crippen molar-refractivity contribution in [2.75, 3.05) is 32.8 Å². The molecule has 0 saturated carbocycles. The number of hydrogen-bond donors (Lipinski definition) is 3. The molecule has 0 aromatic heterocycles. The van der Waals surface area contributed by atoms with E-state index in [4.69, 9.17) is 21.3 Å². The van der Waals surface area contributed by atoms with Crippen molar-refractivity contribution >= 4 is 5.91 Å². The predicted molar refractivity (Wildman–Crippen MR) is 59.7 cm³/mol. The Hall–Kier alpha value is -0.690. The van der Waals surface area contributed by atoms with Gasteiger partial charge in [0.2, 0.25) is 5.91 Å². The summed E-state index contributed by atoms with van der Waals surface area (Å²) in [5.41, 5.74) is 10.7. The number of carbonyl (C=O) groups is 1. The smallest absolute Gasteiger partial charge is 0.235 e. The molecule has 1 heterocycles. The average molecular weight is 231 g/mol. The Labute approximate surface area is 95.5 Å². The number of amides is 1. The van der Waals surface area contributed by atoms with Crippen molar-refractivity contribution < 1.29 is 14.6 Å². The molecule has 1 unspecified atom stereocenters. The van der Waals surface area contributed by atoms with Gasteiger partial charge < -0.3 is 26.2 Å². The Bertz CT molecular complexity index is 217. The van der Waals surface area contributed by atoms with Gasteiger partial charge in [-0.25, -0.2) is 0 Å². The van der Waals surface area contributed by atoms with Crippen molar-refractivity contribution in [2.45, 2.75) is 25.0 Å². The van der Waals surface area contributed by atoms with E-state index in [2.05, 4.69) is 4.90 Å². The highest BCUT2D eigenvalue weighted by atomic mass is 16.5. The first-order valence-electron chi connectivity index (χ1n) is 5.63. The number of ether oxygens (including phenoxy) is 1. The van der Waals surface area contributed by atoms with Gasteiger partial charge in [-0.05, 0) is 12.8 Å². The van der Waals surface area contributed by atoms with E-state index in [9.17, 15) is 4.79 Å². The van der Waals surface area contributed by atoms with Crippen molar-refractivity contribution in [3.8, 4) is 0 Å². The van der Waals surface area contributed by atoms with Gasteiger partial charge >= 0.3 is 0 Å². The van der Waals surface area contributed by atoms with Gasteiger partial charge in [0.25, 0.3) is 0 Å². The fourth-order valence-corrected chi connectivity index (χ4v) is 1.85. The van der Waals surface area contributed by atoms with E-state index in [0.29, 0.717) is 13.2 Å². The van der Waals surface area contributed by atoms with Crippen LogP contribution in [-0.4, -0.2) is 60.9 Å². The van der Waals surface area contributed by atoms with Crippen LogP contribution in [0, 0.1) is 0 Å². The molecule has 0 aromatic rings. The summed E-state index contributed by atoms with van der Waals surface area (Å²) in [5, 5.41) is 8.63. The maximum absolute atomic E-state index is 10.8. The number of aliphatic hydroxyl groups excluding tert-OH is 1. The summed E-state index contributed by atoms with van der Waals surface area (Å²) in [6.07, 6.45) is 2.03. The van der Waals surface area contributed by atoms with Crippen LogP contribution in [-0.2, 0) is 9.53 Å². The van der Waals surface area contributed by atoms with E-state index in [-0.39, 0.29) is 12.7 Å². The Balaban J connectivity index is 2.19. The van der Waals surface area contributed by atoms with Crippen molar-refractivity contribution in [1.29, 1.82) is 0 Å². The lowest BCUT2D eigenvalue weighted by molar-refractivity contribution is -0.119.